The quantitative estimate of drug-likeness (QED) is 0.0614. The van der Waals surface area contributed by atoms with Gasteiger partial charge in [-0.15, -0.1) is 0 Å². The zero-order chi connectivity index (χ0) is 23.7. The van der Waals surface area contributed by atoms with Crippen LogP contribution in [-0.2, 0) is 0 Å². The van der Waals surface area contributed by atoms with Gasteiger partial charge in [0.05, 0.1) is 0 Å². The summed E-state index contributed by atoms with van der Waals surface area (Å²) in [5.41, 5.74) is 0. The molecule has 1 aliphatic heterocycles. The van der Waals surface area contributed by atoms with Crippen LogP contribution in [0.15, 0.2) is 0 Å². The Labute approximate surface area is 242 Å². The molecule has 1 heterocycles. The van der Waals surface area contributed by atoms with E-state index in [9.17, 15) is 0 Å². The van der Waals surface area contributed by atoms with Crippen LogP contribution in [0.4, 0.5) is 0 Å². The molecule has 0 aromatic rings. The molecule has 1 radical (unpaired) electrons. The molecule has 9 heteroatoms. The number of hydrogen-bond donors (Lipinski definition) is 1. The normalized spacial score (nSPS) is 18.6. The van der Waals surface area contributed by atoms with Gasteiger partial charge in [0.1, 0.15) is 0 Å². The zero-order valence-corrected chi connectivity index (χ0v) is 28.4. The Balaban J connectivity index is 2.32. The average molecular weight is 626 g/mol. The average Bonchev–Trinajstić information content (AvgIpc) is 2.88. The van der Waals surface area contributed by atoms with E-state index in [4.69, 9.17) is 12.6 Å². The van der Waals surface area contributed by atoms with Crippen molar-refractivity contribution < 1.29 is 0 Å². The molecule has 0 nitrogen and oxygen atoms in total. The van der Waals surface area contributed by atoms with Crippen LogP contribution in [0, 0.1) is 0 Å². The van der Waals surface area contributed by atoms with Crippen LogP contribution in [0.2, 0.25) is 0 Å². The van der Waals surface area contributed by atoms with Crippen LogP contribution in [0.25, 0.3) is 0 Å². The molecule has 1 fully saturated rings. The van der Waals surface area contributed by atoms with Crippen LogP contribution in [0.3, 0.4) is 0 Å². The van der Waals surface area contributed by atoms with E-state index in [1.54, 1.807) is 0 Å². The molecule has 199 valence electrons. The molecule has 1 rings (SSSR count). The number of thiol groups is 1. The Kier molecular flexibility index (Phi) is 27.8. The summed E-state index contributed by atoms with van der Waals surface area (Å²) in [6, 6.07) is 0. The maximum absolute atomic E-state index is 5.09. The molecule has 1 saturated heterocycles. The number of hydrogen-bond acceptors (Lipinski definition) is 7. The van der Waals surface area contributed by atoms with Gasteiger partial charge in [0.2, 0.25) is 0 Å². The fourth-order valence-electron chi connectivity index (χ4n) is 3.72. The van der Waals surface area contributed by atoms with E-state index in [0.29, 0.717) is 0 Å². The molecule has 33 heavy (non-hydrogen) atoms. The van der Waals surface area contributed by atoms with Gasteiger partial charge in [0.15, 0.2) is 0 Å². The third-order valence-electron chi connectivity index (χ3n) is 5.78. The fraction of sp³-hybridized carbons (Fsp3) is 1.00. The van der Waals surface area contributed by atoms with Crippen LogP contribution in [-0.4, -0.2) is 34.9 Å². The maximum atomic E-state index is 5.09. The molecular formula is C24H50PS8. The molecule has 0 N–H and O–H groups in total. The SMILES string of the molecule is [S]CCCCCCSS[PH]1(CCCCCCCCCCCCS)SSCCCCCCSS1. The van der Waals surface area contributed by atoms with E-state index in [2.05, 4.69) is 76.3 Å². The van der Waals surface area contributed by atoms with E-state index in [1.165, 1.54) is 139 Å². The first-order valence-corrected chi connectivity index (χ1v) is 26.0. The van der Waals surface area contributed by atoms with E-state index in [0.717, 1.165) is 11.5 Å². The van der Waals surface area contributed by atoms with E-state index < -0.39 is 4.87 Å². The van der Waals surface area contributed by atoms with Crippen molar-refractivity contribution in [1.82, 2.24) is 0 Å². The molecule has 0 bridgehead atoms. The molecule has 0 saturated carbocycles. The Hall–Kier alpha value is 3.23. The second kappa shape index (κ2) is 26.8. The summed E-state index contributed by atoms with van der Waals surface area (Å²) in [6.45, 7) is 0. The molecule has 0 spiro atoms. The van der Waals surface area contributed by atoms with Gasteiger partial charge >= 0.3 is 232 Å². The zero-order valence-electron chi connectivity index (χ0n) is 20.8. The van der Waals surface area contributed by atoms with Gasteiger partial charge in [-0.1, -0.05) is 0 Å². The Morgan fingerprint density at radius 2 is 1.15 bits per heavy atom. The van der Waals surface area contributed by atoms with Gasteiger partial charge in [0, 0.05) is 0 Å². The first kappa shape index (κ1) is 34.3. The molecule has 0 aliphatic carbocycles. The first-order valence-electron chi connectivity index (χ1n) is 13.4. The second-order valence-corrected chi connectivity index (χ2v) is 30.8. The first-order chi connectivity index (χ1) is 16.3. The van der Waals surface area contributed by atoms with Crippen molar-refractivity contribution in [2.75, 3.05) is 34.9 Å². The topological polar surface area (TPSA) is 0 Å². The summed E-state index contributed by atoms with van der Waals surface area (Å²) in [6.07, 6.45) is 26.8. The summed E-state index contributed by atoms with van der Waals surface area (Å²) in [5, 5.41) is 0. The standard InChI is InChI=1S/C24H50PS8/c26-20-14-8-6-4-2-1-3-5-7-13-19-25(31-28-22-16-10-9-15-21-27)32-29-23-17-11-12-18-24-30-33-25/h25-26H,1-24H2. The predicted molar refractivity (Wildman–Crippen MR) is 183 cm³/mol. The summed E-state index contributed by atoms with van der Waals surface area (Å²) in [4.78, 5) is -1.40. The monoisotopic (exact) mass is 625 g/mol. The molecule has 0 amide bonds. The van der Waals surface area contributed by atoms with Gasteiger partial charge in [-0.3, -0.25) is 0 Å². The minimum atomic E-state index is -1.40. The van der Waals surface area contributed by atoms with E-state index in [-0.39, 0.29) is 0 Å². The summed E-state index contributed by atoms with van der Waals surface area (Å²) >= 11 is 9.40. The molecule has 0 aromatic heterocycles. The molecule has 1 aliphatic rings. The van der Waals surface area contributed by atoms with Crippen LogP contribution < -0.4 is 0 Å². The summed E-state index contributed by atoms with van der Waals surface area (Å²) in [5.74, 6) is 6.07. The van der Waals surface area contributed by atoms with Crippen LogP contribution >= 0.6 is 93.7 Å². The second-order valence-electron chi connectivity index (χ2n) is 8.94. The van der Waals surface area contributed by atoms with Gasteiger partial charge in [-0.2, -0.15) is 12.6 Å². The Morgan fingerprint density at radius 1 is 0.636 bits per heavy atom. The third-order valence-corrected chi connectivity index (χ3v) is 37.6. The molecular weight excluding hydrogens is 576 g/mol. The van der Waals surface area contributed by atoms with E-state index in [1.807, 2.05) is 0 Å². The minimum absolute atomic E-state index is 0.941. The van der Waals surface area contributed by atoms with Gasteiger partial charge in [-0.05, 0) is 0 Å². The van der Waals surface area contributed by atoms with Crippen LogP contribution in [0.1, 0.15) is 116 Å². The molecule has 0 atom stereocenters. The Bertz CT molecular complexity index is 391. The van der Waals surface area contributed by atoms with Crippen molar-refractivity contribution in [1.29, 1.82) is 0 Å². The number of unbranched alkanes of at least 4 members (excludes halogenated alkanes) is 12. The van der Waals surface area contributed by atoms with Crippen molar-refractivity contribution in [3.05, 3.63) is 0 Å². The van der Waals surface area contributed by atoms with Crippen LogP contribution in [0.5, 0.6) is 0 Å². The Morgan fingerprint density at radius 3 is 1.73 bits per heavy atom. The third kappa shape index (κ3) is 21.8. The van der Waals surface area contributed by atoms with Gasteiger partial charge in [-0.25, -0.2) is 0 Å². The summed E-state index contributed by atoms with van der Waals surface area (Å²) < 4.78 is 0. The number of rotatable bonds is 20. The van der Waals surface area contributed by atoms with Crippen molar-refractivity contribution in [2.45, 2.75) is 116 Å². The van der Waals surface area contributed by atoms with Gasteiger partial charge in [0.25, 0.3) is 0 Å². The predicted octanol–water partition coefficient (Wildman–Crippen LogP) is 12.8. The van der Waals surface area contributed by atoms with Gasteiger partial charge < -0.3 is 0 Å². The van der Waals surface area contributed by atoms with E-state index >= 15 is 0 Å². The summed E-state index contributed by atoms with van der Waals surface area (Å²) in [7, 11) is 13.7. The van der Waals surface area contributed by atoms with Crippen molar-refractivity contribution in [3.8, 4) is 0 Å². The fourth-order valence-corrected chi connectivity index (χ4v) is 39.5. The van der Waals surface area contributed by atoms with Crippen molar-refractivity contribution in [2.24, 2.45) is 0 Å². The molecule has 0 aromatic carbocycles. The van der Waals surface area contributed by atoms with Crippen molar-refractivity contribution in [3.63, 3.8) is 0 Å². The molecule has 0 unspecified atom stereocenters. The van der Waals surface area contributed by atoms with Crippen molar-refractivity contribution >= 4 is 93.7 Å².